The summed E-state index contributed by atoms with van der Waals surface area (Å²) in [5.74, 6) is 0.497. The Hall–Kier alpha value is -2.78. The van der Waals surface area contributed by atoms with E-state index in [4.69, 9.17) is 0 Å². The second-order valence-electron chi connectivity index (χ2n) is 5.45. The number of hydrogen-bond acceptors (Lipinski definition) is 5. The number of carbonyl (C=O) groups is 1. The maximum Gasteiger partial charge on any atom is 0.322 e. The van der Waals surface area contributed by atoms with Crippen molar-refractivity contribution in [1.82, 2.24) is 24.6 Å². The van der Waals surface area contributed by atoms with Gasteiger partial charge in [0, 0.05) is 38.6 Å². The molecule has 24 heavy (non-hydrogen) atoms. The van der Waals surface area contributed by atoms with Gasteiger partial charge in [0.25, 0.3) is 6.43 Å². The molecule has 0 bridgehead atoms. The first-order valence-electron chi connectivity index (χ1n) is 7.44. The van der Waals surface area contributed by atoms with Gasteiger partial charge < -0.3 is 15.5 Å². The van der Waals surface area contributed by atoms with Crippen molar-refractivity contribution in [2.24, 2.45) is 7.05 Å². The number of nitrogens with one attached hydrogen (secondary N) is 2. The highest BCUT2D eigenvalue weighted by molar-refractivity contribution is 5.90. The Morgan fingerprint density at radius 1 is 1.38 bits per heavy atom. The standard InChI is InChI=1S/C14H17F2N7O/c1-22-11(12(15)16)10(7-19-22)21-14(24)23-6-3-9(8-23)20-13-17-4-2-5-18-13/h2,4-5,7,9,12H,3,6,8H2,1H3,(H,21,24)(H,17,18,20). The van der Waals surface area contributed by atoms with Gasteiger partial charge in [-0.1, -0.05) is 0 Å². The van der Waals surface area contributed by atoms with E-state index in [1.54, 1.807) is 23.4 Å². The third-order valence-electron chi connectivity index (χ3n) is 3.81. The Morgan fingerprint density at radius 3 is 2.83 bits per heavy atom. The van der Waals surface area contributed by atoms with Crippen LogP contribution in [0, 0.1) is 0 Å². The predicted molar refractivity (Wildman–Crippen MR) is 82.8 cm³/mol. The van der Waals surface area contributed by atoms with Crippen LogP contribution >= 0.6 is 0 Å². The van der Waals surface area contributed by atoms with E-state index in [0.717, 1.165) is 11.1 Å². The number of anilines is 2. The van der Waals surface area contributed by atoms with Crippen molar-refractivity contribution in [3.63, 3.8) is 0 Å². The van der Waals surface area contributed by atoms with Gasteiger partial charge in [0.2, 0.25) is 5.95 Å². The molecule has 2 N–H and O–H groups in total. The third-order valence-corrected chi connectivity index (χ3v) is 3.81. The fourth-order valence-corrected chi connectivity index (χ4v) is 2.62. The average molecular weight is 337 g/mol. The minimum absolute atomic E-state index is 0.0154. The molecule has 2 aromatic rings. The van der Waals surface area contributed by atoms with Crippen molar-refractivity contribution in [3.05, 3.63) is 30.4 Å². The number of alkyl halides is 2. The summed E-state index contributed by atoms with van der Waals surface area (Å²) in [6.45, 7) is 0.953. The van der Waals surface area contributed by atoms with Gasteiger partial charge in [0.05, 0.1) is 11.9 Å². The maximum atomic E-state index is 13.0. The summed E-state index contributed by atoms with van der Waals surface area (Å²) in [4.78, 5) is 22.0. The fraction of sp³-hybridized carbons (Fsp3) is 0.429. The molecular weight excluding hydrogens is 320 g/mol. The Bertz CT molecular complexity index is 706. The van der Waals surface area contributed by atoms with Gasteiger partial charge >= 0.3 is 6.03 Å². The Labute approximate surface area is 136 Å². The molecule has 3 heterocycles. The van der Waals surface area contributed by atoms with Gasteiger partial charge in [-0.2, -0.15) is 5.10 Å². The first-order valence-corrected chi connectivity index (χ1v) is 7.44. The van der Waals surface area contributed by atoms with Gasteiger partial charge in [0.15, 0.2) is 0 Å². The number of rotatable bonds is 4. The van der Waals surface area contributed by atoms with Crippen LogP contribution in [0.4, 0.5) is 25.2 Å². The highest BCUT2D eigenvalue weighted by Crippen LogP contribution is 2.26. The van der Waals surface area contributed by atoms with Crippen LogP contribution in [0.3, 0.4) is 0 Å². The lowest BCUT2D eigenvalue weighted by Gasteiger charge is -2.18. The second kappa shape index (κ2) is 6.77. The molecule has 2 amide bonds. The summed E-state index contributed by atoms with van der Waals surface area (Å²) in [5, 5.41) is 9.41. The summed E-state index contributed by atoms with van der Waals surface area (Å²) in [5.41, 5.74) is -0.282. The van der Waals surface area contributed by atoms with Crippen molar-refractivity contribution >= 4 is 17.7 Å². The molecule has 0 aromatic carbocycles. The molecule has 0 saturated carbocycles. The molecular formula is C14H17F2N7O. The van der Waals surface area contributed by atoms with Crippen LogP contribution in [0.15, 0.2) is 24.7 Å². The molecule has 0 aliphatic carbocycles. The summed E-state index contributed by atoms with van der Waals surface area (Å²) in [7, 11) is 1.41. The normalized spacial score (nSPS) is 17.3. The average Bonchev–Trinajstić information content (AvgIpc) is 3.15. The van der Waals surface area contributed by atoms with Crippen molar-refractivity contribution in [1.29, 1.82) is 0 Å². The molecule has 1 atom stereocenters. The molecule has 2 aromatic heterocycles. The topological polar surface area (TPSA) is 88.0 Å². The number of aromatic nitrogens is 4. The van der Waals surface area contributed by atoms with E-state index in [2.05, 4.69) is 25.7 Å². The SMILES string of the molecule is Cn1ncc(NC(=O)N2CCC(Nc3ncccn3)C2)c1C(F)F. The van der Waals surface area contributed by atoms with E-state index in [1.165, 1.54) is 13.2 Å². The first kappa shape index (κ1) is 16.1. The van der Waals surface area contributed by atoms with Gasteiger partial charge in [-0.05, 0) is 12.5 Å². The third kappa shape index (κ3) is 3.42. The predicted octanol–water partition coefficient (Wildman–Crippen LogP) is 1.87. The number of aryl methyl sites for hydroxylation is 1. The van der Waals surface area contributed by atoms with E-state index >= 15 is 0 Å². The van der Waals surface area contributed by atoms with Crippen LogP contribution in [0.25, 0.3) is 0 Å². The molecule has 1 aliphatic heterocycles. The van der Waals surface area contributed by atoms with E-state index in [1.807, 2.05) is 0 Å². The highest BCUT2D eigenvalue weighted by Gasteiger charge is 2.28. The summed E-state index contributed by atoms with van der Waals surface area (Å²) in [6.07, 6.45) is 2.49. The van der Waals surface area contributed by atoms with Crippen molar-refractivity contribution in [3.8, 4) is 0 Å². The smallest absolute Gasteiger partial charge is 0.322 e. The van der Waals surface area contributed by atoms with Crippen LogP contribution in [-0.4, -0.2) is 49.8 Å². The van der Waals surface area contributed by atoms with Gasteiger partial charge in [-0.3, -0.25) is 4.68 Å². The number of urea groups is 1. The Kier molecular flexibility index (Phi) is 4.54. The van der Waals surface area contributed by atoms with E-state index in [9.17, 15) is 13.6 Å². The highest BCUT2D eigenvalue weighted by atomic mass is 19.3. The Balaban J connectivity index is 1.59. The first-order chi connectivity index (χ1) is 11.5. The van der Waals surface area contributed by atoms with Gasteiger partial charge in [-0.25, -0.2) is 23.5 Å². The zero-order chi connectivity index (χ0) is 17.1. The zero-order valence-electron chi connectivity index (χ0n) is 13.0. The number of nitrogens with zero attached hydrogens (tertiary/aromatic N) is 5. The van der Waals surface area contributed by atoms with Crippen LogP contribution in [0.5, 0.6) is 0 Å². The zero-order valence-corrected chi connectivity index (χ0v) is 13.0. The molecule has 3 rings (SSSR count). The lowest BCUT2D eigenvalue weighted by atomic mass is 10.3. The number of likely N-dealkylation sites (tertiary alicyclic amines) is 1. The van der Waals surface area contributed by atoms with Crippen molar-refractivity contribution in [2.45, 2.75) is 18.9 Å². The minimum atomic E-state index is -2.71. The second-order valence-corrected chi connectivity index (χ2v) is 5.45. The number of carbonyl (C=O) groups excluding carboxylic acids is 1. The molecule has 1 aliphatic rings. The van der Waals surface area contributed by atoms with Crippen LogP contribution in [-0.2, 0) is 7.05 Å². The van der Waals surface area contributed by atoms with Crippen molar-refractivity contribution in [2.75, 3.05) is 23.7 Å². The van der Waals surface area contributed by atoms with E-state index in [0.29, 0.717) is 19.0 Å². The summed E-state index contributed by atoms with van der Waals surface area (Å²) < 4.78 is 27.1. The molecule has 1 fully saturated rings. The monoisotopic (exact) mass is 337 g/mol. The number of halogens is 2. The molecule has 1 unspecified atom stereocenters. The Morgan fingerprint density at radius 2 is 2.12 bits per heavy atom. The molecule has 128 valence electrons. The lowest BCUT2D eigenvalue weighted by Crippen LogP contribution is -2.35. The largest absolute Gasteiger partial charge is 0.350 e. The number of hydrogen-bond donors (Lipinski definition) is 2. The van der Waals surface area contributed by atoms with Gasteiger partial charge in [0.1, 0.15) is 5.69 Å². The maximum absolute atomic E-state index is 13.0. The molecule has 8 nitrogen and oxygen atoms in total. The quantitative estimate of drug-likeness (QED) is 0.889. The van der Waals surface area contributed by atoms with Crippen molar-refractivity contribution < 1.29 is 13.6 Å². The summed E-state index contributed by atoms with van der Waals surface area (Å²) in [6, 6.07) is 1.30. The molecule has 0 spiro atoms. The molecule has 0 radical (unpaired) electrons. The van der Waals surface area contributed by atoms with E-state index < -0.39 is 12.5 Å². The summed E-state index contributed by atoms with van der Waals surface area (Å²) >= 11 is 0. The lowest BCUT2D eigenvalue weighted by molar-refractivity contribution is 0.141. The van der Waals surface area contributed by atoms with Crippen LogP contribution in [0.1, 0.15) is 18.5 Å². The van der Waals surface area contributed by atoms with Crippen LogP contribution < -0.4 is 10.6 Å². The molecule has 10 heteroatoms. The fourth-order valence-electron chi connectivity index (χ4n) is 2.62. The minimum Gasteiger partial charge on any atom is -0.350 e. The van der Waals surface area contributed by atoms with Gasteiger partial charge in [-0.15, -0.1) is 0 Å². The molecule has 1 saturated heterocycles. The van der Waals surface area contributed by atoms with Crippen LogP contribution in [0.2, 0.25) is 0 Å². The number of amides is 2. The van der Waals surface area contributed by atoms with E-state index in [-0.39, 0.29) is 17.4 Å².